The van der Waals surface area contributed by atoms with Crippen LogP contribution in [-0.4, -0.2) is 17.6 Å². The molecule has 6 heteroatoms. The standard InChI is InChI=1S/C11H9F2NO3/c12-7-3-8-5(1-2-17-8)10(13)9(7)6(4-14)11(15)16/h1-3,6H,4,14H2,(H,15,16). The number of fused-ring (bicyclic) bond motifs is 1. The fourth-order valence-electron chi connectivity index (χ4n) is 1.72. The summed E-state index contributed by atoms with van der Waals surface area (Å²) in [4.78, 5) is 10.9. The molecule has 1 unspecified atom stereocenters. The number of carbonyl (C=O) groups is 1. The van der Waals surface area contributed by atoms with Gasteiger partial charge in [0.15, 0.2) is 0 Å². The quantitative estimate of drug-likeness (QED) is 0.859. The first kappa shape index (κ1) is 11.5. The molecule has 17 heavy (non-hydrogen) atoms. The van der Waals surface area contributed by atoms with Gasteiger partial charge in [-0.15, -0.1) is 0 Å². The van der Waals surface area contributed by atoms with Gasteiger partial charge in [-0.2, -0.15) is 0 Å². The molecule has 0 radical (unpaired) electrons. The number of furan rings is 1. The van der Waals surface area contributed by atoms with E-state index in [0.717, 1.165) is 6.07 Å². The second-order valence-electron chi connectivity index (χ2n) is 3.54. The summed E-state index contributed by atoms with van der Waals surface area (Å²) in [5, 5.41) is 8.90. The number of halogens is 2. The Kier molecular flexibility index (Phi) is 2.81. The number of hydrogen-bond donors (Lipinski definition) is 2. The van der Waals surface area contributed by atoms with Crippen molar-refractivity contribution in [2.45, 2.75) is 5.92 Å². The highest BCUT2D eigenvalue weighted by atomic mass is 19.1. The van der Waals surface area contributed by atoms with Crippen LogP contribution in [0.3, 0.4) is 0 Å². The van der Waals surface area contributed by atoms with Crippen molar-refractivity contribution < 1.29 is 23.1 Å². The average Bonchev–Trinajstić information content (AvgIpc) is 2.71. The van der Waals surface area contributed by atoms with E-state index < -0.39 is 29.1 Å². The molecule has 2 aromatic rings. The summed E-state index contributed by atoms with van der Waals surface area (Å²) < 4.78 is 32.4. The molecular formula is C11H9F2NO3. The average molecular weight is 241 g/mol. The summed E-state index contributed by atoms with van der Waals surface area (Å²) in [5.74, 6) is -4.68. The molecule has 0 saturated heterocycles. The Bertz CT molecular complexity index is 579. The smallest absolute Gasteiger partial charge is 0.312 e. The third-order valence-corrected chi connectivity index (χ3v) is 2.57. The van der Waals surface area contributed by atoms with Crippen molar-refractivity contribution in [1.82, 2.24) is 0 Å². The van der Waals surface area contributed by atoms with Gasteiger partial charge in [-0.05, 0) is 6.07 Å². The topological polar surface area (TPSA) is 76.5 Å². The third kappa shape index (κ3) is 1.76. The fraction of sp³-hybridized carbons (Fsp3) is 0.182. The lowest BCUT2D eigenvalue weighted by Crippen LogP contribution is -2.23. The van der Waals surface area contributed by atoms with Crippen LogP contribution < -0.4 is 5.73 Å². The lowest BCUT2D eigenvalue weighted by molar-refractivity contribution is -0.138. The minimum absolute atomic E-state index is 0.0323. The molecule has 0 aliphatic rings. The first-order chi connectivity index (χ1) is 8.06. The van der Waals surface area contributed by atoms with E-state index in [1.165, 1.54) is 12.3 Å². The van der Waals surface area contributed by atoms with Crippen molar-refractivity contribution in [2.75, 3.05) is 6.54 Å². The van der Waals surface area contributed by atoms with Crippen molar-refractivity contribution in [3.05, 3.63) is 35.6 Å². The van der Waals surface area contributed by atoms with Crippen molar-refractivity contribution in [3.63, 3.8) is 0 Å². The molecule has 1 atom stereocenters. The van der Waals surface area contributed by atoms with Crippen LogP contribution >= 0.6 is 0 Å². The Morgan fingerprint density at radius 1 is 1.53 bits per heavy atom. The van der Waals surface area contributed by atoms with E-state index in [9.17, 15) is 13.6 Å². The normalized spacial score (nSPS) is 12.9. The molecule has 1 aromatic carbocycles. The number of nitrogens with two attached hydrogens (primary N) is 1. The van der Waals surface area contributed by atoms with E-state index >= 15 is 0 Å². The molecule has 0 bridgehead atoms. The predicted molar refractivity (Wildman–Crippen MR) is 55.6 cm³/mol. The first-order valence-electron chi connectivity index (χ1n) is 4.84. The van der Waals surface area contributed by atoms with Crippen LogP contribution in [0.1, 0.15) is 11.5 Å². The van der Waals surface area contributed by atoms with E-state index in [4.69, 9.17) is 15.3 Å². The van der Waals surface area contributed by atoms with Gasteiger partial charge in [-0.25, -0.2) is 8.78 Å². The van der Waals surface area contributed by atoms with Gasteiger partial charge in [0.1, 0.15) is 17.2 Å². The SMILES string of the molecule is NCC(C(=O)O)c1c(F)cc2occc2c1F. The summed E-state index contributed by atoms with van der Waals surface area (Å²) in [5.41, 5.74) is 4.72. The minimum atomic E-state index is -1.41. The lowest BCUT2D eigenvalue weighted by atomic mass is 9.96. The number of aliphatic carboxylic acids is 1. The molecule has 0 aliphatic heterocycles. The zero-order valence-corrected chi connectivity index (χ0v) is 8.61. The van der Waals surface area contributed by atoms with Crippen LogP contribution in [0.25, 0.3) is 11.0 Å². The highest BCUT2D eigenvalue weighted by Crippen LogP contribution is 2.29. The van der Waals surface area contributed by atoms with Gasteiger partial charge in [-0.3, -0.25) is 4.79 Å². The number of carboxylic acids is 1. The van der Waals surface area contributed by atoms with Gasteiger partial charge in [0.25, 0.3) is 0 Å². The molecule has 4 nitrogen and oxygen atoms in total. The van der Waals surface area contributed by atoms with Gasteiger partial charge < -0.3 is 15.3 Å². The van der Waals surface area contributed by atoms with Gasteiger partial charge >= 0.3 is 5.97 Å². The molecule has 0 amide bonds. The Balaban J connectivity index is 2.71. The number of benzene rings is 1. The van der Waals surface area contributed by atoms with Gasteiger partial charge in [-0.1, -0.05) is 0 Å². The molecule has 2 rings (SSSR count). The number of rotatable bonds is 3. The maximum atomic E-state index is 13.9. The Labute approximate surface area is 94.6 Å². The monoisotopic (exact) mass is 241 g/mol. The fourth-order valence-corrected chi connectivity index (χ4v) is 1.72. The summed E-state index contributed by atoms with van der Waals surface area (Å²) in [7, 11) is 0. The molecule has 0 aliphatic carbocycles. The zero-order chi connectivity index (χ0) is 12.6. The van der Waals surface area contributed by atoms with Gasteiger partial charge in [0.2, 0.25) is 0 Å². The lowest BCUT2D eigenvalue weighted by Gasteiger charge is -2.12. The number of hydrogen-bond acceptors (Lipinski definition) is 3. The molecular weight excluding hydrogens is 232 g/mol. The van der Waals surface area contributed by atoms with Crippen molar-refractivity contribution >= 4 is 16.9 Å². The van der Waals surface area contributed by atoms with E-state index in [0.29, 0.717) is 0 Å². The molecule has 0 spiro atoms. The maximum absolute atomic E-state index is 13.9. The van der Waals surface area contributed by atoms with Crippen LogP contribution in [-0.2, 0) is 4.79 Å². The predicted octanol–water partition coefficient (Wildman–Crippen LogP) is 1.84. The molecule has 1 aromatic heterocycles. The van der Waals surface area contributed by atoms with Crippen LogP contribution in [0.5, 0.6) is 0 Å². The summed E-state index contributed by atoms with van der Waals surface area (Å²) in [6, 6.07) is 2.27. The Hall–Kier alpha value is -1.95. The second kappa shape index (κ2) is 4.14. The molecule has 3 N–H and O–H groups in total. The Morgan fingerprint density at radius 3 is 2.82 bits per heavy atom. The van der Waals surface area contributed by atoms with Crippen molar-refractivity contribution in [3.8, 4) is 0 Å². The summed E-state index contributed by atoms with van der Waals surface area (Å²) in [6.45, 7) is -0.382. The largest absolute Gasteiger partial charge is 0.481 e. The first-order valence-corrected chi connectivity index (χ1v) is 4.84. The maximum Gasteiger partial charge on any atom is 0.312 e. The summed E-state index contributed by atoms with van der Waals surface area (Å²) >= 11 is 0. The third-order valence-electron chi connectivity index (χ3n) is 2.57. The van der Waals surface area contributed by atoms with Crippen LogP contribution in [0, 0.1) is 11.6 Å². The molecule has 90 valence electrons. The van der Waals surface area contributed by atoms with Gasteiger partial charge in [0.05, 0.1) is 17.6 Å². The van der Waals surface area contributed by atoms with Crippen LogP contribution in [0.2, 0.25) is 0 Å². The second-order valence-corrected chi connectivity index (χ2v) is 3.54. The molecule has 0 saturated carbocycles. The van der Waals surface area contributed by atoms with E-state index in [1.54, 1.807) is 0 Å². The Morgan fingerprint density at radius 2 is 2.24 bits per heavy atom. The van der Waals surface area contributed by atoms with Crippen molar-refractivity contribution in [2.24, 2.45) is 5.73 Å². The van der Waals surface area contributed by atoms with E-state index in [-0.39, 0.29) is 17.5 Å². The van der Waals surface area contributed by atoms with E-state index in [2.05, 4.69) is 0 Å². The van der Waals surface area contributed by atoms with E-state index in [1.807, 2.05) is 0 Å². The molecule has 0 fully saturated rings. The zero-order valence-electron chi connectivity index (χ0n) is 8.61. The van der Waals surface area contributed by atoms with Crippen molar-refractivity contribution in [1.29, 1.82) is 0 Å². The van der Waals surface area contributed by atoms with Crippen LogP contribution in [0.4, 0.5) is 8.78 Å². The highest BCUT2D eigenvalue weighted by Gasteiger charge is 2.27. The highest BCUT2D eigenvalue weighted by molar-refractivity contribution is 5.83. The molecule has 1 heterocycles. The van der Waals surface area contributed by atoms with Crippen LogP contribution in [0.15, 0.2) is 22.8 Å². The minimum Gasteiger partial charge on any atom is -0.481 e. The van der Waals surface area contributed by atoms with Gasteiger partial charge in [0, 0.05) is 18.2 Å². The summed E-state index contributed by atoms with van der Waals surface area (Å²) in [6.07, 6.45) is 1.20. The number of carboxylic acid groups (broad SMARTS) is 1.